The van der Waals surface area contributed by atoms with Crippen molar-refractivity contribution in [2.24, 2.45) is 0 Å². The van der Waals surface area contributed by atoms with E-state index in [-0.39, 0.29) is 5.91 Å². The number of rotatable bonds is 4. The second kappa shape index (κ2) is 5.89. The SMILES string of the molecule is CNc1ccc(C)cc1C(=O)NCc1sccc1C. The van der Waals surface area contributed by atoms with Crippen molar-refractivity contribution >= 4 is 22.9 Å². The number of benzene rings is 1. The Morgan fingerprint density at radius 2 is 2.05 bits per heavy atom. The van der Waals surface area contributed by atoms with Gasteiger partial charge in [-0.15, -0.1) is 11.3 Å². The Balaban J connectivity index is 2.12. The summed E-state index contributed by atoms with van der Waals surface area (Å²) in [7, 11) is 1.82. The van der Waals surface area contributed by atoms with E-state index in [1.54, 1.807) is 11.3 Å². The first-order valence-electron chi connectivity index (χ1n) is 6.21. The van der Waals surface area contributed by atoms with Gasteiger partial charge in [0.1, 0.15) is 0 Å². The zero-order chi connectivity index (χ0) is 13.8. The molecular formula is C15H18N2OS. The van der Waals surface area contributed by atoms with Gasteiger partial charge >= 0.3 is 0 Å². The van der Waals surface area contributed by atoms with Crippen LogP contribution in [0.15, 0.2) is 29.6 Å². The normalized spacial score (nSPS) is 10.3. The molecule has 0 unspecified atom stereocenters. The van der Waals surface area contributed by atoms with Crippen LogP contribution < -0.4 is 10.6 Å². The molecule has 4 heteroatoms. The lowest BCUT2D eigenvalue weighted by molar-refractivity contribution is 0.0952. The molecule has 0 atom stereocenters. The number of hydrogen-bond acceptors (Lipinski definition) is 3. The molecule has 1 heterocycles. The third kappa shape index (κ3) is 3.15. The summed E-state index contributed by atoms with van der Waals surface area (Å²) in [5.74, 6) is -0.0409. The zero-order valence-electron chi connectivity index (χ0n) is 11.4. The Morgan fingerprint density at radius 1 is 1.26 bits per heavy atom. The van der Waals surface area contributed by atoms with Crippen LogP contribution in [0.3, 0.4) is 0 Å². The van der Waals surface area contributed by atoms with Crippen molar-refractivity contribution in [1.82, 2.24) is 5.32 Å². The van der Waals surface area contributed by atoms with Gasteiger partial charge in [-0.25, -0.2) is 0 Å². The fraction of sp³-hybridized carbons (Fsp3) is 0.267. The van der Waals surface area contributed by atoms with Crippen molar-refractivity contribution in [2.45, 2.75) is 20.4 Å². The fourth-order valence-corrected chi connectivity index (χ4v) is 2.75. The van der Waals surface area contributed by atoms with Gasteiger partial charge in [0.05, 0.1) is 12.1 Å². The van der Waals surface area contributed by atoms with Crippen molar-refractivity contribution in [3.05, 3.63) is 51.2 Å². The second-order valence-corrected chi connectivity index (χ2v) is 5.51. The third-order valence-electron chi connectivity index (χ3n) is 3.07. The number of nitrogens with one attached hydrogen (secondary N) is 2. The minimum absolute atomic E-state index is 0.0409. The molecule has 100 valence electrons. The van der Waals surface area contributed by atoms with Crippen LogP contribution in [0.5, 0.6) is 0 Å². The summed E-state index contributed by atoms with van der Waals surface area (Å²) in [6.45, 7) is 4.63. The van der Waals surface area contributed by atoms with Crippen molar-refractivity contribution in [1.29, 1.82) is 0 Å². The van der Waals surface area contributed by atoms with Gasteiger partial charge in [-0.05, 0) is 43.0 Å². The smallest absolute Gasteiger partial charge is 0.253 e. The van der Waals surface area contributed by atoms with Crippen LogP contribution in [0, 0.1) is 13.8 Å². The van der Waals surface area contributed by atoms with Crippen LogP contribution in [0.4, 0.5) is 5.69 Å². The molecule has 0 fully saturated rings. The monoisotopic (exact) mass is 274 g/mol. The van der Waals surface area contributed by atoms with Crippen molar-refractivity contribution < 1.29 is 4.79 Å². The first-order valence-corrected chi connectivity index (χ1v) is 7.09. The molecule has 2 aromatic rings. The minimum Gasteiger partial charge on any atom is -0.387 e. The lowest BCUT2D eigenvalue weighted by Crippen LogP contribution is -2.23. The number of amides is 1. The predicted molar refractivity (Wildman–Crippen MR) is 81.0 cm³/mol. The highest BCUT2D eigenvalue weighted by molar-refractivity contribution is 7.10. The van der Waals surface area contributed by atoms with Gasteiger partial charge in [0.25, 0.3) is 5.91 Å². The van der Waals surface area contributed by atoms with E-state index in [0.717, 1.165) is 11.3 Å². The van der Waals surface area contributed by atoms with Crippen LogP contribution in [0.1, 0.15) is 26.4 Å². The van der Waals surface area contributed by atoms with E-state index < -0.39 is 0 Å². The van der Waals surface area contributed by atoms with E-state index in [1.807, 2.05) is 37.6 Å². The summed E-state index contributed by atoms with van der Waals surface area (Å²) in [6, 6.07) is 7.90. The molecule has 0 spiro atoms. The van der Waals surface area contributed by atoms with E-state index in [4.69, 9.17) is 0 Å². The largest absolute Gasteiger partial charge is 0.387 e. The molecule has 0 aliphatic carbocycles. The van der Waals surface area contributed by atoms with Crippen LogP contribution >= 0.6 is 11.3 Å². The molecule has 0 radical (unpaired) electrons. The lowest BCUT2D eigenvalue weighted by Gasteiger charge is -2.10. The molecule has 1 aromatic carbocycles. The molecular weight excluding hydrogens is 256 g/mol. The first-order chi connectivity index (χ1) is 9.11. The summed E-state index contributed by atoms with van der Waals surface area (Å²) in [5, 5.41) is 8.07. The number of aryl methyl sites for hydroxylation is 2. The Hall–Kier alpha value is -1.81. The van der Waals surface area contributed by atoms with E-state index in [2.05, 4.69) is 23.6 Å². The third-order valence-corrected chi connectivity index (χ3v) is 4.09. The highest BCUT2D eigenvalue weighted by Gasteiger charge is 2.11. The molecule has 1 amide bonds. The molecule has 0 saturated carbocycles. The topological polar surface area (TPSA) is 41.1 Å². The maximum Gasteiger partial charge on any atom is 0.253 e. The number of anilines is 1. The van der Waals surface area contributed by atoms with Gasteiger partial charge in [-0.1, -0.05) is 11.6 Å². The average Bonchev–Trinajstić information content (AvgIpc) is 2.81. The standard InChI is InChI=1S/C15H18N2OS/c1-10-4-5-13(16-3)12(8-10)15(18)17-9-14-11(2)6-7-19-14/h4-8,16H,9H2,1-3H3,(H,17,18). The van der Waals surface area contributed by atoms with Crippen molar-refractivity contribution in [2.75, 3.05) is 12.4 Å². The molecule has 19 heavy (non-hydrogen) atoms. The summed E-state index contributed by atoms with van der Waals surface area (Å²) < 4.78 is 0. The van der Waals surface area contributed by atoms with Crippen LogP contribution in [0.25, 0.3) is 0 Å². The summed E-state index contributed by atoms with van der Waals surface area (Å²) >= 11 is 1.67. The molecule has 0 saturated heterocycles. The molecule has 2 rings (SSSR count). The van der Waals surface area contributed by atoms with Gasteiger partial charge in [-0.2, -0.15) is 0 Å². The number of carbonyl (C=O) groups is 1. The fourth-order valence-electron chi connectivity index (χ4n) is 1.90. The molecule has 0 aliphatic rings. The molecule has 3 nitrogen and oxygen atoms in total. The minimum atomic E-state index is -0.0409. The number of carbonyl (C=O) groups excluding carboxylic acids is 1. The molecule has 2 N–H and O–H groups in total. The van der Waals surface area contributed by atoms with Crippen molar-refractivity contribution in [3.8, 4) is 0 Å². The van der Waals surface area contributed by atoms with E-state index in [1.165, 1.54) is 10.4 Å². The molecule has 0 aliphatic heterocycles. The van der Waals surface area contributed by atoms with E-state index >= 15 is 0 Å². The highest BCUT2D eigenvalue weighted by Crippen LogP contribution is 2.18. The molecule has 1 aromatic heterocycles. The predicted octanol–water partition coefficient (Wildman–Crippen LogP) is 3.34. The van der Waals surface area contributed by atoms with Crippen molar-refractivity contribution in [3.63, 3.8) is 0 Å². The quantitative estimate of drug-likeness (QED) is 0.898. The first kappa shape index (κ1) is 13.6. The number of hydrogen-bond donors (Lipinski definition) is 2. The van der Waals surface area contributed by atoms with Gasteiger partial charge in [0.2, 0.25) is 0 Å². The van der Waals surface area contributed by atoms with Crippen LogP contribution in [0.2, 0.25) is 0 Å². The Bertz CT molecular complexity index is 590. The van der Waals surface area contributed by atoms with Gasteiger partial charge < -0.3 is 10.6 Å². The summed E-state index contributed by atoms with van der Waals surface area (Å²) in [4.78, 5) is 13.4. The van der Waals surface area contributed by atoms with E-state index in [9.17, 15) is 4.79 Å². The average molecular weight is 274 g/mol. The Kier molecular flexibility index (Phi) is 4.22. The maximum atomic E-state index is 12.2. The summed E-state index contributed by atoms with van der Waals surface area (Å²) in [5.41, 5.74) is 3.85. The molecule has 0 bridgehead atoms. The highest BCUT2D eigenvalue weighted by atomic mass is 32.1. The Morgan fingerprint density at radius 3 is 2.68 bits per heavy atom. The Labute approximate surface area is 117 Å². The van der Waals surface area contributed by atoms with E-state index in [0.29, 0.717) is 12.1 Å². The summed E-state index contributed by atoms with van der Waals surface area (Å²) in [6.07, 6.45) is 0. The lowest BCUT2D eigenvalue weighted by atomic mass is 10.1. The maximum absolute atomic E-state index is 12.2. The van der Waals surface area contributed by atoms with Gasteiger partial charge in [0.15, 0.2) is 0 Å². The van der Waals surface area contributed by atoms with Gasteiger partial charge in [0, 0.05) is 17.6 Å². The van der Waals surface area contributed by atoms with Crippen LogP contribution in [-0.4, -0.2) is 13.0 Å². The van der Waals surface area contributed by atoms with Crippen LogP contribution in [-0.2, 0) is 6.54 Å². The number of thiophene rings is 1. The van der Waals surface area contributed by atoms with Gasteiger partial charge in [-0.3, -0.25) is 4.79 Å². The second-order valence-electron chi connectivity index (χ2n) is 4.51. The zero-order valence-corrected chi connectivity index (χ0v) is 12.2.